The number of aliphatic hydroxyl groups is 1. The summed E-state index contributed by atoms with van der Waals surface area (Å²) in [6, 6.07) is 9.39. The maximum atomic E-state index is 13.8. The number of unbranched alkanes of at least 4 members (excludes halogenated alkanes) is 1. The summed E-state index contributed by atoms with van der Waals surface area (Å²) in [5.41, 5.74) is 12.7. The van der Waals surface area contributed by atoms with Crippen molar-refractivity contribution in [1.82, 2.24) is 5.32 Å². The Morgan fingerprint density at radius 1 is 0.972 bits per heavy atom. The molecule has 0 bridgehead atoms. The standard InChI is InChI=1S/C26H33F2N3O5/c27-18-10-11-20(28)17(13-18)14-19(29)15-24(33)31-22(26(35)36)8-4-5-9-23(32)25(34)21(30)12-16-6-2-1-3-7-16/h1-3,6-7,10-11,13,19,21-22,25,34H,4-5,8-9,12,14-15,29-30H2,(H,31,33)(H,35,36). The highest BCUT2D eigenvalue weighted by atomic mass is 19.1. The predicted molar refractivity (Wildman–Crippen MR) is 130 cm³/mol. The van der Waals surface area contributed by atoms with Gasteiger partial charge in [-0.15, -0.1) is 0 Å². The Kier molecular flexibility index (Phi) is 11.6. The number of amides is 1. The van der Waals surface area contributed by atoms with Gasteiger partial charge in [-0.2, -0.15) is 0 Å². The first kappa shape index (κ1) is 29.0. The number of nitrogens with two attached hydrogens (primary N) is 2. The summed E-state index contributed by atoms with van der Waals surface area (Å²) in [5, 5.41) is 22.0. The first-order chi connectivity index (χ1) is 17.1. The van der Waals surface area contributed by atoms with Crippen molar-refractivity contribution in [2.24, 2.45) is 11.5 Å². The number of carbonyl (C=O) groups excluding carboxylic acids is 2. The van der Waals surface area contributed by atoms with Crippen LogP contribution >= 0.6 is 0 Å². The number of carbonyl (C=O) groups is 3. The fourth-order valence-electron chi connectivity index (χ4n) is 3.84. The molecule has 0 saturated heterocycles. The molecule has 0 radical (unpaired) electrons. The van der Waals surface area contributed by atoms with Gasteiger partial charge in [-0.05, 0) is 55.0 Å². The van der Waals surface area contributed by atoms with Crippen LogP contribution in [0, 0.1) is 11.6 Å². The predicted octanol–water partition coefficient (Wildman–Crippen LogP) is 1.85. The Balaban J connectivity index is 1.74. The normalized spacial score (nSPS) is 14.5. The number of ketones is 1. The van der Waals surface area contributed by atoms with Gasteiger partial charge in [-0.25, -0.2) is 13.6 Å². The monoisotopic (exact) mass is 505 g/mol. The molecule has 0 aliphatic carbocycles. The molecule has 7 N–H and O–H groups in total. The highest BCUT2D eigenvalue weighted by Crippen LogP contribution is 2.13. The smallest absolute Gasteiger partial charge is 0.326 e. The number of hydrogen-bond acceptors (Lipinski definition) is 6. The molecule has 0 aromatic heterocycles. The van der Waals surface area contributed by atoms with Crippen LogP contribution in [0.1, 0.15) is 43.2 Å². The minimum atomic E-state index is -1.33. The molecule has 4 unspecified atom stereocenters. The van der Waals surface area contributed by atoms with Gasteiger partial charge >= 0.3 is 5.97 Å². The summed E-state index contributed by atoms with van der Waals surface area (Å²) < 4.78 is 27.1. The zero-order valence-electron chi connectivity index (χ0n) is 19.9. The number of benzene rings is 2. The average Bonchev–Trinajstić information content (AvgIpc) is 2.83. The quantitative estimate of drug-likeness (QED) is 0.231. The number of halogens is 2. The number of carboxylic acid groups (broad SMARTS) is 1. The van der Waals surface area contributed by atoms with E-state index in [0.29, 0.717) is 19.3 Å². The molecule has 10 heteroatoms. The molecule has 0 saturated carbocycles. The van der Waals surface area contributed by atoms with Crippen LogP contribution in [0.5, 0.6) is 0 Å². The molecule has 0 spiro atoms. The maximum Gasteiger partial charge on any atom is 0.326 e. The van der Waals surface area contributed by atoms with E-state index in [-0.39, 0.29) is 31.2 Å². The number of hydrogen-bond donors (Lipinski definition) is 5. The molecule has 196 valence electrons. The van der Waals surface area contributed by atoms with Crippen LogP contribution in [0.3, 0.4) is 0 Å². The van der Waals surface area contributed by atoms with Crippen molar-refractivity contribution >= 4 is 17.7 Å². The molecule has 2 rings (SSSR count). The summed E-state index contributed by atoms with van der Waals surface area (Å²) >= 11 is 0. The third-order valence-corrected chi connectivity index (χ3v) is 5.79. The Labute approximate surface area is 208 Å². The molecular weight excluding hydrogens is 472 g/mol. The van der Waals surface area contributed by atoms with E-state index in [0.717, 1.165) is 23.8 Å². The van der Waals surface area contributed by atoms with E-state index < -0.39 is 53.5 Å². The lowest BCUT2D eigenvalue weighted by Gasteiger charge is -2.19. The number of Topliss-reactive ketones (excluding diaryl/α,β-unsaturated/α-hetero) is 1. The maximum absolute atomic E-state index is 13.8. The van der Waals surface area contributed by atoms with Crippen molar-refractivity contribution in [2.75, 3.05) is 0 Å². The van der Waals surface area contributed by atoms with Crippen LogP contribution in [-0.4, -0.2) is 52.1 Å². The molecule has 0 fully saturated rings. The van der Waals surface area contributed by atoms with Gasteiger partial charge in [0.1, 0.15) is 23.8 Å². The summed E-state index contributed by atoms with van der Waals surface area (Å²) in [6.45, 7) is 0. The molecule has 2 aromatic carbocycles. The molecule has 8 nitrogen and oxygen atoms in total. The average molecular weight is 506 g/mol. The van der Waals surface area contributed by atoms with E-state index in [4.69, 9.17) is 11.5 Å². The van der Waals surface area contributed by atoms with Gasteiger partial charge in [0.15, 0.2) is 5.78 Å². The second-order valence-corrected chi connectivity index (χ2v) is 8.87. The number of aliphatic carboxylic acids is 1. The van der Waals surface area contributed by atoms with E-state index in [1.807, 2.05) is 30.3 Å². The van der Waals surface area contributed by atoms with Crippen molar-refractivity contribution in [3.8, 4) is 0 Å². The third-order valence-electron chi connectivity index (χ3n) is 5.79. The van der Waals surface area contributed by atoms with E-state index in [1.54, 1.807) is 0 Å². The molecule has 36 heavy (non-hydrogen) atoms. The van der Waals surface area contributed by atoms with E-state index in [2.05, 4.69) is 5.32 Å². The second-order valence-electron chi connectivity index (χ2n) is 8.87. The minimum Gasteiger partial charge on any atom is -0.480 e. The lowest BCUT2D eigenvalue weighted by Crippen LogP contribution is -2.43. The van der Waals surface area contributed by atoms with Gasteiger partial charge in [-0.3, -0.25) is 9.59 Å². The summed E-state index contributed by atoms with van der Waals surface area (Å²) in [5.74, 6) is -3.58. The molecule has 4 atom stereocenters. The Hall–Kier alpha value is -3.21. The van der Waals surface area contributed by atoms with Crippen molar-refractivity contribution < 1.29 is 33.4 Å². The van der Waals surface area contributed by atoms with Crippen molar-refractivity contribution in [2.45, 2.75) is 69.2 Å². The van der Waals surface area contributed by atoms with E-state index in [9.17, 15) is 33.4 Å². The molecular formula is C26H33F2N3O5. The van der Waals surface area contributed by atoms with Crippen LogP contribution < -0.4 is 16.8 Å². The molecule has 0 aliphatic heterocycles. The number of rotatable bonds is 15. The second kappa shape index (κ2) is 14.4. The highest BCUT2D eigenvalue weighted by molar-refractivity contribution is 5.84. The lowest BCUT2D eigenvalue weighted by molar-refractivity contribution is -0.142. The summed E-state index contributed by atoms with van der Waals surface area (Å²) in [4.78, 5) is 36.0. The van der Waals surface area contributed by atoms with Gasteiger partial charge in [0.25, 0.3) is 0 Å². The van der Waals surface area contributed by atoms with Crippen molar-refractivity contribution in [3.05, 3.63) is 71.3 Å². The van der Waals surface area contributed by atoms with Gasteiger partial charge in [-0.1, -0.05) is 36.8 Å². The van der Waals surface area contributed by atoms with E-state index in [1.165, 1.54) is 0 Å². The van der Waals surface area contributed by atoms with Crippen LogP contribution in [0.2, 0.25) is 0 Å². The fourth-order valence-corrected chi connectivity index (χ4v) is 3.84. The van der Waals surface area contributed by atoms with Crippen LogP contribution in [-0.2, 0) is 27.2 Å². The SMILES string of the molecule is NC(CC(=O)NC(CCCCC(=O)C(O)C(N)Cc1ccccc1)C(=O)O)Cc1cc(F)ccc1F. The van der Waals surface area contributed by atoms with E-state index >= 15 is 0 Å². The number of nitrogens with one attached hydrogen (secondary N) is 1. The third kappa shape index (κ3) is 9.80. The van der Waals surface area contributed by atoms with Crippen LogP contribution in [0.15, 0.2) is 48.5 Å². The number of carboxylic acids is 1. The number of aliphatic hydroxyl groups excluding tert-OH is 1. The first-order valence-corrected chi connectivity index (χ1v) is 11.8. The Morgan fingerprint density at radius 2 is 1.67 bits per heavy atom. The van der Waals surface area contributed by atoms with Gasteiger partial charge in [0, 0.05) is 24.9 Å². The lowest BCUT2D eigenvalue weighted by atomic mass is 9.96. The summed E-state index contributed by atoms with van der Waals surface area (Å²) in [6.07, 6.45) is -0.646. The Morgan fingerprint density at radius 3 is 2.33 bits per heavy atom. The molecule has 1 amide bonds. The topological polar surface area (TPSA) is 156 Å². The molecule has 0 heterocycles. The highest BCUT2D eigenvalue weighted by Gasteiger charge is 2.24. The van der Waals surface area contributed by atoms with Gasteiger partial charge in [0.05, 0.1) is 0 Å². The largest absolute Gasteiger partial charge is 0.480 e. The molecule has 2 aromatic rings. The van der Waals surface area contributed by atoms with Gasteiger partial charge in [0.2, 0.25) is 5.91 Å². The minimum absolute atomic E-state index is 0.0218. The zero-order valence-corrected chi connectivity index (χ0v) is 19.9. The molecule has 0 aliphatic rings. The van der Waals surface area contributed by atoms with Crippen LogP contribution in [0.25, 0.3) is 0 Å². The first-order valence-electron chi connectivity index (χ1n) is 11.8. The van der Waals surface area contributed by atoms with Crippen LogP contribution in [0.4, 0.5) is 8.78 Å². The fraction of sp³-hybridized carbons (Fsp3) is 0.423. The summed E-state index contributed by atoms with van der Waals surface area (Å²) in [7, 11) is 0. The van der Waals surface area contributed by atoms with Crippen molar-refractivity contribution in [3.63, 3.8) is 0 Å². The Bertz CT molecular complexity index is 1020. The van der Waals surface area contributed by atoms with Crippen molar-refractivity contribution in [1.29, 1.82) is 0 Å². The zero-order chi connectivity index (χ0) is 26.7. The van der Waals surface area contributed by atoms with Gasteiger partial charge < -0.3 is 27.0 Å².